The molecule has 0 bridgehead atoms. The Morgan fingerprint density at radius 3 is 3.00 bits per heavy atom. The lowest BCUT2D eigenvalue weighted by molar-refractivity contribution is -0.0754. The van der Waals surface area contributed by atoms with Crippen LogP contribution in [0.15, 0.2) is 6.20 Å². The van der Waals surface area contributed by atoms with Crippen molar-refractivity contribution in [1.29, 1.82) is 0 Å². The van der Waals surface area contributed by atoms with Gasteiger partial charge in [-0.15, -0.1) is 11.3 Å². The summed E-state index contributed by atoms with van der Waals surface area (Å²) in [7, 11) is 3.07. The van der Waals surface area contributed by atoms with Crippen molar-refractivity contribution < 1.29 is 9.63 Å². The molecule has 76 valence electrons. The van der Waals surface area contributed by atoms with Crippen LogP contribution < -0.4 is 0 Å². The van der Waals surface area contributed by atoms with Crippen molar-refractivity contribution in [3.8, 4) is 0 Å². The highest BCUT2D eigenvalue weighted by atomic mass is 32.1. The number of carbonyl (C=O) groups excluding carboxylic acids is 1. The normalized spacial score (nSPS) is 15.6. The first-order valence-corrected chi connectivity index (χ1v) is 5.32. The lowest BCUT2D eigenvalue weighted by atomic mass is 10.4. The van der Waals surface area contributed by atoms with E-state index in [-0.39, 0.29) is 5.91 Å². The Labute approximate surface area is 86.5 Å². The molecule has 0 atom stereocenters. The van der Waals surface area contributed by atoms with Crippen LogP contribution in [0, 0.1) is 0 Å². The molecule has 1 heterocycles. The third kappa shape index (κ3) is 1.78. The van der Waals surface area contributed by atoms with E-state index < -0.39 is 0 Å². The van der Waals surface area contributed by atoms with Gasteiger partial charge in [-0.05, 0) is 12.8 Å². The highest BCUT2D eigenvalue weighted by Crippen LogP contribution is 2.41. The molecule has 0 spiro atoms. The molecule has 2 rings (SSSR count). The van der Waals surface area contributed by atoms with E-state index in [1.807, 2.05) is 0 Å². The average Bonchev–Trinajstić information content (AvgIpc) is 2.94. The van der Waals surface area contributed by atoms with Crippen molar-refractivity contribution in [1.82, 2.24) is 10.0 Å². The van der Waals surface area contributed by atoms with Crippen LogP contribution in [-0.2, 0) is 4.84 Å². The summed E-state index contributed by atoms with van der Waals surface area (Å²) in [6.07, 6.45) is 4.05. The van der Waals surface area contributed by atoms with Crippen LogP contribution in [0.2, 0.25) is 0 Å². The van der Waals surface area contributed by atoms with Crippen molar-refractivity contribution in [3.05, 3.63) is 16.1 Å². The number of amides is 1. The average molecular weight is 212 g/mol. The SMILES string of the molecule is CON(C)C(=O)c1cnc(C2CC2)s1. The number of hydrogen-bond donors (Lipinski definition) is 0. The number of hydroxylamine groups is 2. The van der Waals surface area contributed by atoms with Crippen LogP contribution in [0.4, 0.5) is 0 Å². The molecular formula is C9H12N2O2S. The smallest absolute Gasteiger partial charge is 0.274 e. The first kappa shape index (κ1) is 9.61. The van der Waals surface area contributed by atoms with Gasteiger partial charge in [-0.1, -0.05) is 0 Å². The molecule has 0 aromatic carbocycles. The minimum atomic E-state index is -0.128. The molecule has 1 saturated carbocycles. The van der Waals surface area contributed by atoms with Crippen molar-refractivity contribution >= 4 is 17.2 Å². The zero-order valence-electron chi connectivity index (χ0n) is 8.19. The molecule has 1 fully saturated rings. The summed E-state index contributed by atoms with van der Waals surface area (Å²) in [5, 5.41) is 2.29. The Bertz CT molecular complexity index is 346. The second-order valence-corrected chi connectivity index (χ2v) is 4.38. The van der Waals surface area contributed by atoms with Gasteiger partial charge in [0, 0.05) is 13.0 Å². The summed E-state index contributed by atoms with van der Waals surface area (Å²) >= 11 is 1.47. The predicted octanol–water partition coefficient (Wildman–Crippen LogP) is 1.65. The number of carbonyl (C=O) groups is 1. The van der Waals surface area contributed by atoms with Gasteiger partial charge in [-0.3, -0.25) is 9.63 Å². The van der Waals surface area contributed by atoms with E-state index in [2.05, 4.69) is 4.98 Å². The molecule has 5 heteroatoms. The summed E-state index contributed by atoms with van der Waals surface area (Å²) in [4.78, 5) is 21.3. The van der Waals surface area contributed by atoms with E-state index in [1.165, 1.54) is 36.4 Å². The Morgan fingerprint density at radius 1 is 1.71 bits per heavy atom. The van der Waals surface area contributed by atoms with Crippen LogP contribution >= 0.6 is 11.3 Å². The molecule has 1 aromatic heterocycles. The lowest BCUT2D eigenvalue weighted by Gasteiger charge is -2.11. The fourth-order valence-electron chi connectivity index (χ4n) is 1.14. The molecule has 14 heavy (non-hydrogen) atoms. The Hall–Kier alpha value is -0.940. The highest BCUT2D eigenvalue weighted by molar-refractivity contribution is 7.13. The van der Waals surface area contributed by atoms with Crippen molar-refractivity contribution in [2.75, 3.05) is 14.2 Å². The standard InChI is InChI=1S/C9H12N2O2S/c1-11(13-2)9(12)7-5-10-8(14-7)6-3-4-6/h5-6H,3-4H2,1-2H3. The van der Waals surface area contributed by atoms with Crippen LogP contribution in [0.3, 0.4) is 0 Å². The lowest BCUT2D eigenvalue weighted by Crippen LogP contribution is -2.24. The number of thiazole rings is 1. The second-order valence-electron chi connectivity index (χ2n) is 3.32. The van der Waals surface area contributed by atoms with Gasteiger partial charge in [0.15, 0.2) is 0 Å². The van der Waals surface area contributed by atoms with E-state index in [1.54, 1.807) is 13.2 Å². The third-order valence-corrected chi connectivity index (χ3v) is 3.37. The molecule has 4 nitrogen and oxygen atoms in total. The monoisotopic (exact) mass is 212 g/mol. The maximum absolute atomic E-state index is 11.6. The van der Waals surface area contributed by atoms with Crippen LogP contribution in [0.1, 0.15) is 33.4 Å². The Balaban J connectivity index is 2.11. The number of hydrogen-bond acceptors (Lipinski definition) is 4. The van der Waals surface area contributed by atoms with Gasteiger partial charge in [-0.25, -0.2) is 10.0 Å². The molecule has 0 aliphatic heterocycles. The molecule has 1 aliphatic rings. The maximum atomic E-state index is 11.6. The van der Waals surface area contributed by atoms with E-state index >= 15 is 0 Å². The zero-order chi connectivity index (χ0) is 10.1. The summed E-state index contributed by atoms with van der Waals surface area (Å²) in [6, 6.07) is 0. The fraction of sp³-hybridized carbons (Fsp3) is 0.556. The first-order valence-electron chi connectivity index (χ1n) is 4.50. The van der Waals surface area contributed by atoms with Crippen LogP contribution in [0.5, 0.6) is 0 Å². The molecule has 1 aromatic rings. The summed E-state index contributed by atoms with van der Waals surface area (Å²) in [5.74, 6) is 0.478. The van der Waals surface area contributed by atoms with E-state index in [9.17, 15) is 4.79 Å². The van der Waals surface area contributed by atoms with Gasteiger partial charge >= 0.3 is 0 Å². The van der Waals surface area contributed by atoms with Gasteiger partial charge in [0.05, 0.1) is 18.3 Å². The van der Waals surface area contributed by atoms with Gasteiger partial charge in [0.2, 0.25) is 0 Å². The summed E-state index contributed by atoms with van der Waals surface area (Å²) in [6.45, 7) is 0. The number of nitrogens with zero attached hydrogens (tertiary/aromatic N) is 2. The zero-order valence-corrected chi connectivity index (χ0v) is 9.00. The Kier molecular flexibility index (Phi) is 2.52. The molecular weight excluding hydrogens is 200 g/mol. The molecule has 1 amide bonds. The van der Waals surface area contributed by atoms with Gasteiger partial charge in [-0.2, -0.15) is 0 Å². The molecule has 1 aliphatic carbocycles. The van der Waals surface area contributed by atoms with Crippen molar-refractivity contribution in [2.45, 2.75) is 18.8 Å². The van der Waals surface area contributed by atoms with Crippen molar-refractivity contribution in [2.24, 2.45) is 0 Å². The number of aromatic nitrogens is 1. The molecule has 0 radical (unpaired) electrons. The highest BCUT2D eigenvalue weighted by Gasteiger charge is 2.28. The summed E-state index contributed by atoms with van der Waals surface area (Å²) in [5.41, 5.74) is 0. The number of rotatable bonds is 3. The van der Waals surface area contributed by atoms with E-state index in [0.717, 1.165) is 5.01 Å². The van der Waals surface area contributed by atoms with Gasteiger partial charge < -0.3 is 0 Å². The van der Waals surface area contributed by atoms with Gasteiger partial charge in [0.1, 0.15) is 4.88 Å². The minimum Gasteiger partial charge on any atom is -0.274 e. The maximum Gasteiger partial charge on any atom is 0.288 e. The largest absolute Gasteiger partial charge is 0.288 e. The van der Waals surface area contributed by atoms with Gasteiger partial charge in [0.25, 0.3) is 5.91 Å². The predicted molar refractivity (Wildman–Crippen MR) is 53.2 cm³/mol. The molecule has 0 unspecified atom stereocenters. The Morgan fingerprint density at radius 2 is 2.43 bits per heavy atom. The van der Waals surface area contributed by atoms with Crippen LogP contribution in [-0.4, -0.2) is 30.1 Å². The first-order chi connectivity index (χ1) is 6.72. The second kappa shape index (κ2) is 3.67. The van der Waals surface area contributed by atoms with Crippen molar-refractivity contribution in [3.63, 3.8) is 0 Å². The van der Waals surface area contributed by atoms with E-state index in [4.69, 9.17) is 4.84 Å². The quantitative estimate of drug-likeness (QED) is 0.715. The topological polar surface area (TPSA) is 42.4 Å². The minimum absolute atomic E-state index is 0.128. The molecule has 0 saturated heterocycles. The summed E-state index contributed by atoms with van der Waals surface area (Å²) < 4.78 is 0. The third-order valence-electron chi connectivity index (χ3n) is 2.22. The fourth-order valence-corrected chi connectivity index (χ4v) is 2.20. The van der Waals surface area contributed by atoms with E-state index in [0.29, 0.717) is 10.8 Å². The molecule has 0 N–H and O–H groups in total. The van der Waals surface area contributed by atoms with Crippen LogP contribution in [0.25, 0.3) is 0 Å².